The largest absolute Gasteiger partial charge is 0.301 e. The van der Waals surface area contributed by atoms with E-state index in [0.717, 1.165) is 12.1 Å². The van der Waals surface area contributed by atoms with E-state index in [-0.39, 0.29) is 0 Å². The third kappa shape index (κ3) is 8.97. The van der Waals surface area contributed by atoms with Gasteiger partial charge in [0.25, 0.3) is 0 Å². The smallest absolute Gasteiger partial charge is 0.00666 e. The topological polar surface area (TPSA) is 3.24 Å². The van der Waals surface area contributed by atoms with Gasteiger partial charge in [-0.1, -0.05) is 65.2 Å². The quantitative estimate of drug-likeness (QED) is 0.408. The van der Waals surface area contributed by atoms with Gasteiger partial charge in [0.2, 0.25) is 0 Å². The first-order chi connectivity index (χ1) is 8.63. The minimum Gasteiger partial charge on any atom is -0.301 e. The normalized spacial score (nSPS) is 15.0. The summed E-state index contributed by atoms with van der Waals surface area (Å²) in [5.74, 6) is 0. The van der Waals surface area contributed by atoms with Crippen molar-refractivity contribution in [2.75, 3.05) is 7.05 Å². The maximum atomic E-state index is 2.60. The Labute approximate surface area is 116 Å². The van der Waals surface area contributed by atoms with Gasteiger partial charge < -0.3 is 4.90 Å². The van der Waals surface area contributed by atoms with Crippen LogP contribution < -0.4 is 0 Å². The predicted octanol–water partition coefficient (Wildman–Crippen LogP) is 5.64. The van der Waals surface area contributed by atoms with E-state index >= 15 is 0 Å². The Morgan fingerprint density at radius 1 is 0.667 bits per heavy atom. The average Bonchev–Trinajstić information content (AvgIpc) is 2.38. The van der Waals surface area contributed by atoms with Gasteiger partial charge in [0, 0.05) is 12.1 Å². The number of hydrogen-bond acceptors (Lipinski definition) is 1. The molecule has 2 atom stereocenters. The molecular formula is C17H37N. The fraction of sp³-hybridized carbons (Fsp3) is 1.00. The molecule has 0 aliphatic rings. The van der Waals surface area contributed by atoms with E-state index in [1.54, 1.807) is 0 Å². The van der Waals surface area contributed by atoms with Crippen LogP contribution in [0.2, 0.25) is 0 Å². The first kappa shape index (κ1) is 18.0. The van der Waals surface area contributed by atoms with Crippen LogP contribution >= 0.6 is 0 Å². The van der Waals surface area contributed by atoms with E-state index < -0.39 is 0 Å². The maximum absolute atomic E-state index is 2.60. The second-order valence-electron chi connectivity index (χ2n) is 6.06. The van der Waals surface area contributed by atoms with Crippen LogP contribution in [0.15, 0.2) is 0 Å². The van der Waals surface area contributed by atoms with Gasteiger partial charge in [-0.3, -0.25) is 0 Å². The summed E-state index contributed by atoms with van der Waals surface area (Å²) >= 11 is 0. The Kier molecular flexibility index (Phi) is 12.0. The number of nitrogens with zero attached hydrogens (tertiary/aromatic N) is 1. The Balaban J connectivity index is 3.65. The lowest BCUT2D eigenvalue weighted by Crippen LogP contribution is -2.36. The summed E-state index contributed by atoms with van der Waals surface area (Å²) in [6.45, 7) is 9.37. The average molecular weight is 255 g/mol. The zero-order valence-electron chi connectivity index (χ0n) is 13.7. The highest BCUT2D eigenvalue weighted by atomic mass is 15.1. The van der Waals surface area contributed by atoms with Crippen LogP contribution in [0, 0.1) is 0 Å². The molecule has 0 amide bonds. The molecule has 0 aliphatic heterocycles. The van der Waals surface area contributed by atoms with Crippen LogP contribution in [0.5, 0.6) is 0 Å². The van der Waals surface area contributed by atoms with Gasteiger partial charge in [0.05, 0.1) is 0 Å². The first-order valence-electron chi connectivity index (χ1n) is 8.35. The summed E-state index contributed by atoms with van der Waals surface area (Å²) in [6.07, 6.45) is 13.9. The van der Waals surface area contributed by atoms with Crippen LogP contribution in [0.3, 0.4) is 0 Å². The molecule has 0 saturated carbocycles. The second kappa shape index (κ2) is 12.0. The second-order valence-corrected chi connectivity index (χ2v) is 6.06. The van der Waals surface area contributed by atoms with Crippen molar-refractivity contribution >= 4 is 0 Å². The molecule has 0 saturated heterocycles. The van der Waals surface area contributed by atoms with E-state index in [0.29, 0.717) is 0 Å². The van der Waals surface area contributed by atoms with Gasteiger partial charge in [-0.25, -0.2) is 0 Å². The molecule has 110 valence electrons. The third-order valence-corrected chi connectivity index (χ3v) is 4.34. The van der Waals surface area contributed by atoms with Crippen molar-refractivity contribution in [1.82, 2.24) is 4.90 Å². The fourth-order valence-corrected chi connectivity index (χ4v) is 2.57. The van der Waals surface area contributed by atoms with E-state index in [4.69, 9.17) is 0 Å². The van der Waals surface area contributed by atoms with Gasteiger partial charge in [-0.15, -0.1) is 0 Å². The summed E-state index contributed by atoms with van der Waals surface area (Å²) in [7, 11) is 2.31. The Morgan fingerprint density at radius 2 is 1.06 bits per heavy atom. The number of hydrogen-bond donors (Lipinski definition) is 0. The molecule has 0 N–H and O–H groups in total. The Hall–Kier alpha value is -0.0400. The fourth-order valence-electron chi connectivity index (χ4n) is 2.57. The van der Waals surface area contributed by atoms with E-state index in [1.165, 1.54) is 64.2 Å². The maximum Gasteiger partial charge on any atom is 0.00666 e. The lowest BCUT2D eigenvalue weighted by atomic mass is 10.0. The van der Waals surface area contributed by atoms with Crippen LogP contribution in [0.1, 0.15) is 91.9 Å². The summed E-state index contributed by atoms with van der Waals surface area (Å²) < 4.78 is 0. The molecule has 0 spiro atoms. The lowest BCUT2D eigenvalue weighted by molar-refractivity contribution is 0.173. The standard InChI is InChI=1S/C17H37N/c1-6-8-10-12-14-16(3)18(5)17(4)15-13-11-9-7-2/h16-17H,6-15H2,1-5H3. The van der Waals surface area contributed by atoms with Gasteiger partial charge in [-0.2, -0.15) is 0 Å². The van der Waals surface area contributed by atoms with Crippen molar-refractivity contribution in [1.29, 1.82) is 0 Å². The van der Waals surface area contributed by atoms with Crippen molar-refractivity contribution in [3.05, 3.63) is 0 Å². The van der Waals surface area contributed by atoms with Gasteiger partial charge in [-0.05, 0) is 33.7 Å². The molecule has 1 heteroatoms. The van der Waals surface area contributed by atoms with Crippen molar-refractivity contribution < 1.29 is 0 Å². The molecule has 1 nitrogen and oxygen atoms in total. The molecule has 0 aliphatic carbocycles. The summed E-state index contributed by atoms with van der Waals surface area (Å²) in [4.78, 5) is 2.60. The molecule has 0 aromatic rings. The summed E-state index contributed by atoms with van der Waals surface area (Å²) in [5, 5.41) is 0. The molecule has 0 rings (SSSR count). The summed E-state index contributed by atoms with van der Waals surface area (Å²) in [5.41, 5.74) is 0. The highest BCUT2D eigenvalue weighted by Gasteiger charge is 2.14. The lowest BCUT2D eigenvalue weighted by Gasteiger charge is -2.31. The molecule has 2 unspecified atom stereocenters. The molecule has 0 bridgehead atoms. The van der Waals surface area contributed by atoms with Crippen LogP contribution in [0.25, 0.3) is 0 Å². The minimum absolute atomic E-state index is 0.753. The van der Waals surface area contributed by atoms with Crippen LogP contribution in [-0.4, -0.2) is 24.0 Å². The van der Waals surface area contributed by atoms with E-state index in [1.807, 2.05) is 0 Å². The molecule has 0 fully saturated rings. The zero-order valence-corrected chi connectivity index (χ0v) is 13.7. The molecule has 0 heterocycles. The Morgan fingerprint density at radius 3 is 1.39 bits per heavy atom. The Bertz CT molecular complexity index is 149. The van der Waals surface area contributed by atoms with Crippen molar-refractivity contribution in [3.8, 4) is 0 Å². The van der Waals surface area contributed by atoms with Gasteiger partial charge in [0.1, 0.15) is 0 Å². The zero-order chi connectivity index (χ0) is 13.8. The molecule has 0 radical (unpaired) electrons. The van der Waals surface area contributed by atoms with Gasteiger partial charge in [0.15, 0.2) is 0 Å². The van der Waals surface area contributed by atoms with E-state index in [9.17, 15) is 0 Å². The molecular weight excluding hydrogens is 218 g/mol. The minimum atomic E-state index is 0.753. The highest BCUT2D eigenvalue weighted by molar-refractivity contribution is 4.70. The van der Waals surface area contributed by atoms with Gasteiger partial charge >= 0.3 is 0 Å². The van der Waals surface area contributed by atoms with Crippen LogP contribution in [-0.2, 0) is 0 Å². The predicted molar refractivity (Wildman–Crippen MR) is 84.2 cm³/mol. The molecule has 0 aromatic carbocycles. The number of rotatable bonds is 12. The molecule has 18 heavy (non-hydrogen) atoms. The SMILES string of the molecule is CCCCCCC(C)N(C)C(C)CCCCCC. The van der Waals surface area contributed by atoms with Crippen LogP contribution in [0.4, 0.5) is 0 Å². The van der Waals surface area contributed by atoms with Crippen molar-refractivity contribution in [2.24, 2.45) is 0 Å². The van der Waals surface area contributed by atoms with E-state index in [2.05, 4.69) is 39.6 Å². The number of unbranched alkanes of at least 4 members (excludes halogenated alkanes) is 6. The molecule has 0 aromatic heterocycles. The highest BCUT2D eigenvalue weighted by Crippen LogP contribution is 2.15. The third-order valence-electron chi connectivity index (χ3n) is 4.34. The monoisotopic (exact) mass is 255 g/mol. The summed E-state index contributed by atoms with van der Waals surface area (Å²) in [6, 6.07) is 1.51. The van der Waals surface area contributed by atoms with Crippen molar-refractivity contribution in [2.45, 2.75) is 104 Å². The van der Waals surface area contributed by atoms with Crippen molar-refractivity contribution in [3.63, 3.8) is 0 Å². The first-order valence-corrected chi connectivity index (χ1v) is 8.35.